The lowest BCUT2D eigenvalue weighted by atomic mass is 10.1. The van der Waals surface area contributed by atoms with Gasteiger partial charge in [0.05, 0.1) is 10.9 Å². The number of piperazine rings is 1. The van der Waals surface area contributed by atoms with Crippen LogP contribution in [0.15, 0.2) is 47.4 Å². The van der Waals surface area contributed by atoms with Gasteiger partial charge in [-0.2, -0.15) is 0 Å². The largest absolute Gasteiger partial charge is 0.353 e. The van der Waals surface area contributed by atoms with E-state index in [1.807, 2.05) is 23.1 Å². The first kappa shape index (κ1) is 23.1. The van der Waals surface area contributed by atoms with Gasteiger partial charge in [-0.05, 0) is 55.6 Å². The summed E-state index contributed by atoms with van der Waals surface area (Å²) < 4.78 is 1.99. The maximum atomic E-state index is 13.1. The fourth-order valence-corrected chi connectivity index (χ4v) is 4.52. The Hall–Kier alpha value is -3.04. The van der Waals surface area contributed by atoms with Gasteiger partial charge >= 0.3 is 0 Å². The van der Waals surface area contributed by atoms with Gasteiger partial charge < -0.3 is 19.7 Å². The number of nitrogens with one attached hydrogen (secondary N) is 1. The molecule has 8 nitrogen and oxygen atoms in total. The Morgan fingerprint density at radius 1 is 1.12 bits per heavy atom. The van der Waals surface area contributed by atoms with Gasteiger partial charge in [0.1, 0.15) is 5.82 Å². The number of benzene rings is 1. The molecule has 2 aromatic heterocycles. The number of anilines is 1. The molecule has 0 radical (unpaired) electrons. The number of pyridine rings is 1. The Labute approximate surface area is 198 Å². The van der Waals surface area contributed by atoms with Gasteiger partial charge in [-0.3, -0.25) is 14.2 Å². The second-order valence-corrected chi connectivity index (χ2v) is 8.53. The molecule has 174 valence electrons. The summed E-state index contributed by atoms with van der Waals surface area (Å²) in [4.78, 5) is 40.0. The molecule has 33 heavy (non-hydrogen) atoms. The van der Waals surface area contributed by atoms with Gasteiger partial charge in [0.15, 0.2) is 4.77 Å². The third kappa shape index (κ3) is 4.99. The minimum atomic E-state index is -0.121. The number of fused-ring (bicyclic) bond motifs is 1. The van der Waals surface area contributed by atoms with Gasteiger partial charge in [-0.15, -0.1) is 0 Å². The molecule has 0 atom stereocenters. The first-order valence-corrected chi connectivity index (χ1v) is 11.9. The van der Waals surface area contributed by atoms with Crippen LogP contribution in [0, 0.1) is 4.77 Å². The van der Waals surface area contributed by atoms with Crippen molar-refractivity contribution in [2.24, 2.45) is 0 Å². The van der Waals surface area contributed by atoms with Crippen molar-refractivity contribution in [2.45, 2.75) is 20.4 Å². The number of likely N-dealkylation sites (N-methyl/N-ethyl adjacent to an activating group) is 1. The fourth-order valence-electron chi connectivity index (χ4n) is 4.23. The van der Waals surface area contributed by atoms with Crippen molar-refractivity contribution < 1.29 is 4.79 Å². The smallest absolute Gasteiger partial charge is 0.262 e. The summed E-state index contributed by atoms with van der Waals surface area (Å²) in [5, 5.41) is 0.541. The minimum absolute atomic E-state index is 0.0393. The highest BCUT2D eigenvalue weighted by atomic mass is 32.1. The zero-order valence-electron chi connectivity index (χ0n) is 19.2. The first-order valence-electron chi connectivity index (χ1n) is 11.5. The molecule has 1 aliphatic heterocycles. The van der Waals surface area contributed by atoms with E-state index in [4.69, 9.17) is 12.2 Å². The average molecular weight is 467 g/mol. The van der Waals surface area contributed by atoms with Crippen LogP contribution in [0.5, 0.6) is 0 Å². The molecule has 1 N–H and O–H groups in total. The quantitative estimate of drug-likeness (QED) is 0.540. The van der Waals surface area contributed by atoms with Crippen LogP contribution < -0.4 is 10.5 Å². The minimum Gasteiger partial charge on any atom is -0.353 e. The van der Waals surface area contributed by atoms with E-state index >= 15 is 0 Å². The first-order chi connectivity index (χ1) is 16.0. The molecule has 1 saturated heterocycles. The van der Waals surface area contributed by atoms with Crippen molar-refractivity contribution >= 4 is 34.8 Å². The van der Waals surface area contributed by atoms with E-state index in [1.54, 1.807) is 29.0 Å². The number of hydrogen-bond donors (Lipinski definition) is 1. The lowest BCUT2D eigenvalue weighted by Crippen LogP contribution is -2.49. The summed E-state index contributed by atoms with van der Waals surface area (Å²) in [6.07, 6.45) is 1.78. The van der Waals surface area contributed by atoms with E-state index in [1.165, 1.54) is 0 Å². The zero-order chi connectivity index (χ0) is 23.4. The Morgan fingerprint density at radius 3 is 2.55 bits per heavy atom. The van der Waals surface area contributed by atoms with Crippen molar-refractivity contribution in [3.63, 3.8) is 0 Å². The Morgan fingerprint density at radius 2 is 1.88 bits per heavy atom. The summed E-state index contributed by atoms with van der Waals surface area (Å²) in [5.74, 6) is 0.891. The van der Waals surface area contributed by atoms with E-state index in [2.05, 4.69) is 33.6 Å². The topological polar surface area (TPSA) is 77.5 Å². The molecule has 1 amide bonds. The fraction of sp³-hybridized carbons (Fsp3) is 0.417. The predicted molar refractivity (Wildman–Crippen MR) is 134 cm³/mol. The van der Waals surface area contributed by atoms with Crippen molar-refractivity contribution in [3.05, 3.63) is 63.3 Å². The standard InChI is InChI=1S/C24H30N6O2S/c1-3-27(4-2)11-16-30-23(32)19-9-8-18(17-20(19)26-24(30)33)22(31)29-14-12-28(13-15-29)21-7-5-6-10-25-21/h5-10,17H,3-4,11-16H2,1-2H3,(H,26,33). The molecule has 0 unspecified atom stereocenters. The highest BCUT2D eigenvalue weighted by Crippen LogP contribution is 2.17. The molecule has 0 spiro atoms. The number of amides is 1. The summed E-state index contributed by atoms with van der Waals surface area (Å²) in [6, 6.07) is 11.1. The molecule has 3 heterocycles. The van der Waals surface area contributed by atoms with Gasteiger partial charge in [0.2, 0.25) is 0 Å². The monoisotopic (exact) mass is 466 g/mol. The van der Waals surface area contributed by atoms with Gasteiger partial charge in [0, 0.05) is 51.0 Å². The Kier molecular flexibility index (Phi) is 7.20. The molecule has 9 heteroatoms. The van der Waals surface area contributed by atoms with Crippen LogP contribution in [-0.2, 0) is 6.54 Å². The molecule has 1 fully saturated rings. The lowest BCUT2D eigenvalue weighted by molar-refractivity contribution is 0.0746. The Bertz CT molecular complexity index is 1230. The molecule has 1 aromatic carbocycles. The summed E-state index contributed by atoms with van der Waals surface area (Å²) in [6.45, 7) is 10.1. The number of carbonyl (C=O) groups excluding carboxylic acids is 1. The van der Waals surface area contributed by atoms with E-state index < -0.39 is 0 Å². The van der Waals surface area contributed by atoms with E-state index in [0.717, 1.165) is 38.5 Å². The Balaban J connectivity index is 1.50. The zero-order valence-corrected chi connectivity index (χ0v) is 20.0. The van der Waals surface area contributed by atoms with Crippen LogP contribution in [0.3, 0.4) is 0 Å². The number of rotatable bonds is 7. The molecule has 3 aromatic rings. The van der Waals surface area contributed by atoms with Crippen LogP contribution >= 0.6 is 12.2 Å². The SMILES string of the molecule is CCN(CC)CCn1c(=S)[nH]c2cc(C(=O)N3CCN(c4ccccn4)CC3)ccc2c1=O. The van der Waals surface area contributed by atoms with Crippen molar-refractivity contribution in [1.29, 1.82) is 0 Å². The van der Waals surface area contributed by atoms with E-state index in [-0.39, 0.29) is 11.5 Å². The third-order valence-electron chi connectivity index (χ3n) is 6.30. The molecular formula is C24H30N6O2S. The van der Waals surface area contributed by atoms with Crippen molar-refractivity contribution in [3.8, 4) is 0 Å². The van der Waals surface area contributed by atoms with Crippen LogP contribution in [0.2, 0.25) is 0 Å². The molecule has 1 aliphatic rings. The van der Waals surface area contributed by atoms with Gasteiger partial charge in [0.25, 0.3) is 11.5 Å². The summed E-state index contributed by atoms with van der Waals surface area (Å²) in [7, 11) is 0. The van der Waals surface area contributed by atoms with E-state index in [0.29, 0.717) is 40.9 Å². The molecule has 4 rings (SSSR count). The second kappa shape index (κ2) is 10.3. The summed E-state index contributed by atoms with van der Waals surface area (Å²) in [5.41, 5.74) is 1.03. The molecule has 0 saturated carbocycles. The number of carbonyl (C=O) groups is 1. The third-order valence-corrected chi connectivity index (χ3v) is 6.63. The maximum Gasteiger partial charge on any atom is 0.262 e. The maximum absolute atomic E-state index is 13.1. The van der Waals surface area contributed by atoms with Crippen LogP contribution in [-0.4, -0.2) is 76.1 Å². The number of H-pyrrole nitrogens is 1. The van der Waals surface area contributed by atoms with Crippen molar-refractivity contribution in [1.82, 2.24) is 24.3 Å². The predicted octanol–water partition coefficient (Wildman–Crippen LogP) is 2.76. The average Bonchev–Trinajstić information content (AvgIpc) is 2.86. The number of hydrogen-bond acceptors (Lipinski definition) is 6. The lowest BCUT2D eigenvalue weighted by Gasteiger charge is -2.35. The van der Waals surface area contributed by atoms with Crippen LogP contribution in [0.4, 0.5) is 5.82 Å². The second-order valence-electron chi connectivity index (χ2n) is 8.14. The normalized spacial score (nSPS) is 14.3. The number of aromatic nitrogens is 3. The van der Waals surface area contributed by atoms with Gasteiger partial charge in [-0.1, -0.05) is 19.9 Å². The molecule has 0 bridgehead atoms. The highest BCUT2D eigenvalue weighted by molar-refractivity contribution is 7.71. The van der Waals surface area contributed by atoms with Gasteiger partial charge in [-0.25, -0.2) is 4.98 Å². The number of nitrogens with zero attached hydrogens (tertiary/aromatic N) is 5. The molecule has 0 aliphatic carbocycles. The van der Waals surface area contributed by atoms with E-state index in [9.17, 15) is 9.59 Å². The molecular weight excluding hydrogens is 436 g/mol. The van der Waals surface area contributed by atoms with Crippen LogP contribution in [0.25, 0.3) is 10.9 Å². The van der Waals surface area contributed by atoms with Crippen molar-refractivity contribution in [2.75, 3.05) is 50.7 Å². The number of aromatic amines is 1. The highest BCUT2D eigenvalue weighted by Gasteiger charge is 2.23. The summed E-state index contributed by atoms with van der Waals surface area (Å²) >= 11 is 5.47. The van der Waals surface area contributed by atoms with Crippen LogP contribution in [0.1, 0.15) is 24.2 Å².